The zero-order chi connectivity index (χ0) is 12.8. The summed E-state index contributed by atoms with van der Waals surface area (Å²) >= 11 is 0. The number of benzene rings is 1. The summed E-state index contributed by atoms with van der Waals surface area (Å²) in [4.78, 5) is 11.5. The third kappa shape index (κ3) is 4.86. The zero-order valence-electron chi connectivity index (χ0n) is 9.90. The van der Waals surface area contributed by atoms with E-state index in [1.165, 1.54) is 0 Å². The molecule has 0 saturated heterocycles. The molecule has 94 valence electrons. The summed E-state index contributed by atoms with van der Waals surface area (Å²) < 4.78 is 11.1. The quantitative estimate of drug-likeness (QED) is 0.706. The Hall–Kier alpha value is -1.56. The minimum atomic E-state index is -0.935. The molecule has 0 bridgehead atoms. The number of carbonyl (C=O) groups is 1. The van der Waals surface area contributed by atoms with E-state index in [1.54, 1.807) is 30.5 Å². The molecule has 0 heterocycles. The smallest absolute Gasteiger partial charge is 0.319 e. The lowest BCUT2D eigenvalue weighted by atomic mass is 10.3. The second-order valence-electron chi connectivity index (χ2n) is 3.77. The fourth-order valence-corrected chi connectivity index (χ4v) is 1.41. The summed E-state index contributed by atoms with van der Waals surface area (Å²) in [5.74, 6) is 0. The lowest BCUT2D eigenvalue weighted by molar-refractivity contribution is 0.252. The van der Waals surface area contributed by atoms with Gasteiger partial charge < -0.3 is 16.4 Å². The molecule has 4 N–H and O–H groups in total. The Kier molecular flexibility index (Phi) is 4.96. The van der Waals surface area contributed by atoms with Crippen molar-refractivity contribution in [3.63, 3.8) is 0 Å². The van der Waals surface area contributed by atoms with Gasteiger partial charge in [0.1, 0.15) is 0 Å². The van der Waals surface area contributed by atoms with Crippen molar-refractivity contribution in [1.82, 2.24) is 5.32 Å². The molecule has 0 saturated carbocycles. The maximum atomic E-state index is 11.5. The average Bonchev–Trinajstić information content (AvgIpc) is 2.29. The molecule has 5 nitrogen and oxygen atoms in total. The lowest BCUT2D eigenvalue weighted by Gasteiger charge is -2.11. The molecule has 0 aliphatic rings. The molecule has 0 aromatic heterocycles. The number of urea groups is 1. The second kappa shape index (κ2) is 6.24. The number of nitrogens with one attached hydrogen (secondary N) is 2. The number of hydrogen-bond acceptors (Lipinski definition) is 3. The fraction of sp³-hybridized carbons (Fsp3) is 0.364. The Balaban J connectivity index is 2.39. The van der Waals surface area contributed by atoms with Gasteiger partial charge in [0, 0.05) is 40.2 Å². The van der Waals surface area contributed by atoms with Crippen molar-refractivity contribution in [2.75, 3.05) is 23.9 Å². The van der Waals surface area contributed by atoms with Crippen LogP contribution in [0.5, 0.6) is 0 Å². The third-order valence-corrected chi connectivity index (χ3v) is 3.59. The average molecular weight is 255 g/mol. The molecule has 2 atom stereocenters. The van der Waals surface area contributed by atoms with Crippen LogP contribution in [0.4, 0.5) is 16.2 Å². The molecule has 1 rings (SSSR count). The fourth-order valence-electron chi connectivity index (χ4n) is 1.10. The summed E-state index contributed by atoms with van der Waals surface area (Å²) in [5, 5.41) is 5.25. The Morgan fingerprint density at radius 2 is 2.00 bits per heavy atom. The molecule has 2 unspecified atom stereocenters. The van der Waals surface area contributed by atoms with Gasteiger partial charge in [-0.2, -0.15) is 0 Å². The van der Waals surface area contributed by atoms with Crippen molar-refractivity contribution in [3.05, 3.63) is 24.3 Å². The number of rotatable bonds is 4. The Morgan fingerprint density at radius 3 is 2.53 bits per heavy atom. The second-order valence-corrected chi connectivity index (χ2v) is 5.57. The summed E-state index contributed by atoms with van der Waals surface area (Å²) in [6.07, 6.45) is 1.62. The number of nitrogen functional groups attached to an aromatic ring is 1. The van der Waals surface area contributed by atoms with Gasteiger partial charge in [0.2, 0.25) is 0 Å². The number of amides is 2. The van der Waals surface area contributed by atoms with Crippen molar-refractivity contribution in [2.24, 2.45) is 0 Å². The van der Waals surface area contributed by atoms with Gasteiger partial charge in [0.25, 0.3) is 0 Å². The normalized spacial score (nSPS) is 13.8. The molecule has 6 heteroatoms. The molecule has 1 aromatic rings. The highest BCUT2D eigenvalue weighted by Crippen LogP contribution is 2.09. The van der Waals surface area contributed by atoms with E-state index >= 15 is 0 Å². The van der Waals surface area contributed by atoms with Gasteiger partial charge in [-0.3, -0.25) is 4.21 Å². The van der Waals surface area contributed by atoms with E-state index in [4.69, 9.17) is 5.73 Å². The van der Waals surface area contributed by atoms with E-state index in [2.05, 4.69) is 10.6 Å². The number of anilines is 2. The third-order valence-electron chi connectivity index (χ3n) is 2.29. The van der Waals surface area contributed by atoms with Crippen molar-refractivity contribution in [2.45, 2.75) is 12.2 Å². The Morgan fingerprint density at radius 1 is 1.41 bits per heavy atom. The minimum absolute atomic E-state index is 0.0628. The summed E-state index contributed by atoms with van der Waals surface area (Å²) in [5.41, 5.74) is 6.84. The van der Waals surface area contributed by atoms with Crippen molar-refractivity contribution in [1.29, 1.82) is 0 Å². The standard InChI is InChI=1S/C11H17N3O2S/c1-8(17(2)16)7-13-11(15)14-10-5-3-9(12)4-6-10/h3-6,8H,7,12H2,1-2H3,(H2,13,14,15). The Labute approximate surface area is 103 Å². The van der Waals surface area contributed by atoms with Crippen LogP contribution in [-0.2, 0) is 10.8 Å². The summed E-state index contributed by atoms with van der Waals surface area (Å²) in [6.45, 7) is 2.20. The number of hydrogen-bond donors (Lipinski definition) is 3. The van der Waals surface area contributed by atoms with Crippen molar-refractivity contribution < 1.29 is 9.00 Å². The van der Waals surface area contributed by atoms with E-state index < -0.39 is 10.8 Å². The topological polar surface area (TPSA) is 84.2 Å². The molecule has 0 fully saturated rings. The molecule has 0 spiro atoms. The highest BCUT2D eigenvalue weighted by Gasteiger charge is 2.08. The first kappa shape index (κ1) is 13.5. The molecule has 0 aliphatic carbocycles. The van der Waals surface area contributed by atoms with E-state index in [0.717, 1.165) is 0 Å². The van der Waals surface area contributed by atoms with Gasteiger partial charge in [-0.05, 0) is 31.2 Å². The maximum absolute atomic E-state index is 11.5. The predicted octanol–water partition coefficient (Wildman–Crippen LogP) is 1.16. The molecule has 0 aliphatic heterocycles. The zero-order valence-corrected chi connectivity index (χ0v) is 10.7. The van der Waals surface area contributed by atoms with Crippen LogP contribution >= 0.6 is 0 Å². The monoisotopic (exact) mass is 255 g/mol. The predicted molar refractivity (Wildman–Crippen MR) is 71.4 cm³/mol. The van der Waals surface area contributed by atoms with Crippen molar-refractivity contribution >= 4 is 28.2 Å². The molecular formula is C11H17N3O2S. The molecule has 1 aromatic carbocycles. The molecular weight excluding hydrogens is 238 g/mol. The highest BCUT2D eigenvalue weighted by molar-refractivity contribution is 7.84. The van der Waals surface area contributed by atoms with E-state index in [1.807, 2.05) is 6.92 Å². The van der Waals surface area contributed by atoms with Gasteiger partial charge >= 0.3 is 6.03 Å². The Bertz CT molecular complexity index is 406. The molecule has 17 heavy (non-hydrogen) atoms. The summed E-state index contributed by atoms with van der Waals surface area (Å²) in [7, 11) is -0.935. The largest absolute Gasteiger partial charge is 0.399 e. The van der Waals surface area contributed by atoms with Crippen LogP contribution in [-0.4, -0.2) is 28.3 Å². The molecule has 2 amide bonds. The van der Waals surface area contributed by atoms with Crippen molar-refractivity contribution in [3.8, 4) is 0 Å². The van der Waals surface area contributed by atoms with E-state index in [-0.39, 0.29) is 11.3 Å². The SMILES string of the molecule is CC(CNC(=O)Nc1ccc(N)cc1)S(C)=O. The van der Waals surface area contributed by atoms with Crippen LogP contribution in [0.15, 0.2) is 24.3 Å². The highest BCUT2D eigenvalue weighted by atomic mass is 32.2. The number of carbonyl (C=O) groups excluding carboxylic acids is 1. The molecule has 0 radical (unpaired) electrons. The van der Waals surface area contributed by atoms with Gasteiger partial charge in [-0.25, -0.2) is 4.79 Å². The lowest BCUT2D eigenvalue weighted by Crippen LogP contribution is -2.35. The minimum Gasteiger partial charge on any atom is -0.399 e. The van der Waals surface area contributed by atoms with Gasteiger partial charge in [0.05, 0.1) is 0 Å². The summed E-state index contributed by atoms with van der Waals surface area (Å²) in [6, 6.07) is 6.54. The van der Waals surface area contributed by atoms with Crippen LogP contribution < -0.4 is 16.4 Å². The van der Waals surface area contributed by atoms with Crippen LogP contribution in [0, 0.1) is 0 Å². The van der Waals surface area contributed by atoms with Crippen LogP contribution in [0.1, 0.15) is 6.92 Å². The van der Waals surface area contributed by atoms with Crippen LogP contribution in [0.25, 0.3) is 0 Å². The maximum Gasteiger partial charge on any atom is 0.319 e. The van der Waals surface area contributed by atoms with Crippen LogP contribution in [0.2, 0.25) is 0 Å². The van der Waals surface area contributed by atoms with Crippen LogP contribution in [0.3, 0.4) is 0 Å². The number of nitrogens with two attached hydrogens (primary N) is 1. The first-order chi connectivity index (χ1) is 7.99. The first-order valence-corrected chi connectivity index (χ1v) is 6.84. The van der Waals surface area contributed by atoms with Gasteiger partial charge in [-0.15, -0.1) is 0 Å². The van der Waals surface area contributed by atoms with Gasteiger partial charge in [-0.1, -0.05) is 0 Å². The van der Waals surface area contributed by atoms with Gasteiger partial charge in [0.15, 0.2) is 0 Å². The van der Waals surface area contributed by atoms with E-state index in [0.29, 0.717) is 17.9 Å². The first-order valence-electron chi connectivity index (χ1n) is 5.21. The van der Waals surface area contributed by atoms with E-state index in [9.17, 15) is 9.00 Å².